The second-order valence-corrected chi connectivity index (χ2v) is 2.87. The molecule has 0 rings (SSSR count). The van der Waals surface area contributed by atoms with Crippen LogP contribution in [0, 0.1) is 11.8 Å². The number of rotatable bonds is 3. The minimum atomic E-state index is 0. The zero-order valence-corrected chi connectivity index (χ0v) is 6.77. The van der Waals surface area contributed by atoms with Crippen molar-refractivity contribution in [2.24, 2.45) is 11.8 Å². The van der Waals surface area contributed by atoms with Crippen molar-refractivity contribution in [1.29, 1.82) is 0 Å². The molecule has 0 aromatic carbocycles. The maximum Gasteiger partial charge on any atom is 0.133 e. The molecule has 0 N–H and O–H groups in total. The lowest BCUT2D eigenvalue weighted by atomic mass is 9.90. The Morgan fingerprint density at radius 3 is 2.00 bits per heavy atom. The molecule has 56 valence electrons. The van der Waals surface area contributed by atoms with Gasteiger partial charge in [0.15, 0.2) is 0 Å². The Bertz CT molecular complexity index is 99.4. The van der Waals surface area contributed by atoms with Crippen molar-refractivity contribution < 1.29 is 6.22 Å². The van der Waals surface area contributed by atoms with Gasteiger partial charge in [-0.2, -0.15) is 0 Å². The van der Waals surface area contributed by atoms with Crippen molar-refractivity contribution in [1.82, 2.24) is 0 Å². The Morgan fingerprint density at radius 2 is 2.00 bits per heavy atom. The summed E-state index contributed by atoms with van der Waals surface area (Å²) in [4.78, 5) is 10.8. The first-order valence-electron chi connectivity index (χ1n) is 3.60. The topological polar surface area (TPSA) is 17.1 Å². The SMILES string of the molecule is CCC(C(C)=O)C(C)C.[HH]. The van der Waals surface area contributed by atoms with Crippen LogP contribution in [-0.2, 0) is 4.79 Å². The fourth-order valence-electron chi connectivity index (χ4n) is 1.23. The molecule has 9 heavy (non-hydrogen) atoms. The second-order valence-electron chi connectivity index (χ2n) is 2.87. The van der Waals surface area contributed by atoms with Crippen molar-refractivity contribution in [2.45, 2.75) is 34.1 Å². The molecule has 0 spiro atoms. The fourth-order valence-corrected chi connectivity index (χ4v) is 1.23. The number of hydrogen-bond acceptors (Lipinski definition) is 1. The van der Waals surface area contributed by atoms with Gasteiger partial charge in [0.25, 0.3) is 0 Å². The van der Waals surface area contributed by atoms with Crippen LogP contribution >= 0.6 is 0 Å². The third-order valence-electron chi connectivity index (χ3n) is 1.77. The molecule has 1 unspecified atom stereocenters. The van der Waals surface area contributed by atoms with Crippen LogP contribution in [0.3, 0.4) is 0 Å². The van der Waals surface area contributed by atoms with Crippen LogP contribution in [-0.4, -0.2) is 5.78 Å². The Morgan fingerprint density at radius 1 is 1.56 bits per heavy atom. The van der Waals surface area contributed by atoms with Crippen LogP contribution in [0.2, 0.25) is 0 Å². The van der Waals surface area contributed by atoms with Gasteiger partial charge >= 0.3 is 0 Å². The zero-order chi connectivity index (χ0) is 7.44. The smallest absolute Gasteiger partial charge is 0.133 e. The molecule has 0 aliphatic carbocycles. The summed E-state index contributed by atoms with van der Waals surface area (Å²) in [7, 11) is 0. The summed E-state index contributed by atoms with van der Waals surface area (Å²) in [5.74, 6) is 1.12. The van der Waals surface area contributed by atoms with Crippen LogP contribution in [0.4, 0.5) is 0 Å². The van der Waals surface area contributed by atoms with Crippen LogP contribution in [0.25, 0.3) is 0 Å². The maximum absolute atomic E-state index is 10.8. The second kappa shape index (κ2) is 3.65. The van der Waals surface area contributed by atoms with E-state index in [0.717, 1.165) is 6.42 Å². The summed E-state index contributed by atoms with van der Waals surface area (Å²) < 4.78 is 0. The van der Waals surface area contributed by atoms with Gasteiger partial charge in [0.1, 0.15) is 5.78 Å². The highest BCUT2D eigenvalue weighted by atomic mass is 16.1. The number of ketones is 1. The van der Waals surface area contributed by atoms with Crippen molar-refractivity contribution in [3.63, 3.8) is 0 Å². The van der Waals surface area contributed by atoms with Crippen LogP contribution in [0.1, 0.15) is 35.5 Å². The normalized spacial score (nSPS) is 13.9. The summed E-state index contributed by atoms with van der Waals surface area (Å²) in [6.45, 7) is 7.92. The highest BCUT2D eigenvalue weighted by molar-refractivity contribution is 5.78. The predicted molar refractivity (Wildman–Crippen MR) is 41.4 cm³/mol. The first-order chi connectivity index (χ1) is 4.09. The molecule has 1 atom stereocenters. The van der Waals surface area contributed by atoms with E-state index in [1.165, 1.54) is 0 Å². The van der Waals surface area contributed by atoms with E-state index in [-0.39, 0.29) is 7.34 Å². The first kappa shape index (κ1) is 8.67. The molecule has 0 aromatic rings. The summed E-state index contributed by atoms with van der Waals surface area (Å²) in [5.41, 5.74) is 0. The van der Waals surface area contributed by atoms with Crippen molar-refractivity contribution in [3.05, 3.63) is 0 Å². The highest BCUT2D eigenvalue weighted by Gasteiger charge is 2.14. The van der Waals surface area contributed by atoms with Crippen LogP contribution in [0.15, 0.2) is 0 Å². The van der Waals surface area contributed by atoms with E-state index in [4.69, 9.17) is 0 Å². The van der Waals surface area contributed by atoms with E-state index < -0.39 is 0 Å². The first-order valence-corrected chi connectivity index (χ1v) is 3.60. The van der Waals surface area contributed by atoms with Gasteiger partial charge in [-0.05, 0) is 19.3 Å². The van der Waals surface area contributed by atoms with Gasteiger partial charge < -0.3 is 0 Å². The summed E-state index contributed by atoms with van der Waals surface area (Å²) in [6, 6.07) is 0. The van der Waals surface area contributed by atoms with Gasteiger partial charge in [0.2, 0.25) is 0 Å². The molecule has 0 saturated heterocycles. The van der Waals surface area contributed by atoms with Gasteiger partial charge in [0, 0.05) is 7.34 Å². The zero-order valence-electron chi connectivity index (χ0n) is 6.77. The average Bonchev–Trinajstić information content (AvgIpc) is 1.64. The standard InChI is InChI=1S/C8H16O.H2/c1-5-8(6(2)3)7(4)9;/h6,8H,5H2,1-4H3;1H. The van der Waals surface area contributed by atoms with Gasteiger partial charge in [0.05, 0.1) is 0 Å². The van der Waals surface area contributed by atoms with Gasteiger partial charge in [-0.1, -0.05) is 20.8 Å². The molecule has 0 amide bonds. The third kappa shape index (κ3) is 2.64. The predicted octanol–water partition coefficient (Wildman–Crippen LogP) is 2.50. The minimum Gasteiger partial charge on any atom is -0.300 e. The molecule has 1 nitrogen and oxygen atoms in total. The highest BCUT2D eigenvalue weighted by Crippen LogP contribution is 2.14. The van der Waals surface area contributed by atoms with Crippen LogP contribution < -0.4 is 0 Å². The van der Waals surface area contributed by atoms with Crippen LogP contribution in [0.5, 0.6) is 0 Å². The fraction of sp³-hybridized carbons (Fsp3) is 0.875. The lowest BCUT2D eigenvalue weighted by Crippen LogP contribution is -2.15. The molecular weight excluding hydrogens is 112 g/mol. The van der Waals surface area contributed by atoms with Crippen molar-refractivity contribution >= 4 is 5.78 Å². The quantitative estimate of drug-likeness (QED) is 0.573. The van der Waals surface area contributed by atoms with Gasteiger partial charge in [-0.25, -0.2) is 0 Å². The molecule has 1 heteroatoms. The molecule has 0 aliphatic rings. The molecule has 0 bridgehead atoms. The molecule has 0 saturated carbocycles. The minimum absolute atomic E-state index is 0. The summed E-state index contributed by atoms with van der Waals surface area (Å²) in [5, 5.41) is 0. The van der Waals surface area contributed by atoms with E-state index in [2.05, 4.69) is 20.8 Å². The number of hydrogen-bond donors (Lipinski definition) is 0. The van der Waals surface area contributed by atoms with Crippen molar-refractivity contribution in [2.75, 3.05) is 0 Å². The largest absolute Gasteiger partial charge is 0.300 e. The number of Topliss-reactive ketones (excluding diaryl/α,β-unsaturated/α-hetero) is 1. The molecule has 0 heterocycles. The number of carbonyl (C=O) groups excluding carboxylic acids is 1. The monoisotopic (exact) mass is 130 g/mol. The Labute approximate surface area is 58.9 Å². The van der Waals surface area contributed by atoms with E-state index >= 15 is 0 Å². The Balaban J connectivity index is 0. The molecule has 0 aliphatic heterocycles. The van der Waals surface area contributed by atoms with E-state index in [9.17, 15) is 4.79 Å². The van der Waals surface area contributed by atoms with E-state index in [1.54, 1.807) is 6.92 Å². The van der Waals surface area contributed by atoms with E-state index in [0.29, 0.717) is 11.7 Å². The third-order valence-corrected chi connectivity index (χ3v) is 1.77. The van der Waals surface area contributed by atoms with Crippen molar-refractivity contribution in [3.8, 4) is 0 Å². The summed E-state index contributed by atoms with van der Waals surface area (Å²) in [6.07, 6.45) is 0.979. The Kier molecular flexibility index (Phi) is 3.52. The Hall–Kier alpha value is -0.330. The van der Waals surface area contributed by atoms with Gasteiger partial charge in [-0.3, -0.25) is 4.79 Å². The lowest BCUT2D eigenvalue weighted by Gasteiger charge is -2.14. The van der Waals surface area contributed by atoms with Gasteiger partial charge in [-0.15, -0.1) is 0 Å². The number of carbonyl (C=O) groups is 1. The van der Waals surface area contributed by atoms with E-state index in [1.807, 2.05) is 0 Å². The lowest BCUT2D eigenvalue weighted by molar-refractivity contribution is -0.122. The maximum atomic E-state index is 10.8. The summed E-state index contributed by atoms with van der Waals surface area (Å²) >= 11 is 0. The molecule has 0 fully saturated rings. The molecular formula is C8H18O. The average molecular weight is 130 g/mol. The molecule has 0 aromatic heterocycles. The molecule has 0 radical (unpaired) electrons.